The van der Waals surface area contributed by atoms with E-state index in [0.717, 1.165) is 19.5 Å². The Bertz CT molecular complexity index is 501. The van der Waals surface area contributed by atoms with Gasteiger partial charge in [0.1, 0.15) is 12.3 Å². The first-order chi connectivity index (χ1) is 9.60. The van der Waals surface area contributed by atoms with Crippen LogP contribution >= 0.6 is 24.0 Å². The van der Waals surface area contributed by atoms with Crippen molar-refractivity contribution in [3.05, 3.63) is 23.7 Å². The summed E-state index contributed by atoms with van der Waals surface area (Å²) in [5.41, 5.74) is 5.99. The largest absolute Gasteiger partial charge is 0.463 e. The summed E-state index contributed by atoms with van der Waals surface area (Å²) in [4.78, 5) is 17.7. The van der Waals surface area contributed by atoms with Crippen molar-refractivity contribution in [2.75, 3.05) is 20.2 Å². The van der Waals surface area contributed by atoms with Gasteiger partial charge >= 0.3 is 5.97 Å². The molecular weight excluding hydrogens is 385 g/mol. The number of hydrogen-bond acceptors (Lipinski definition) is 4. The quantitative estimate of drug-likeness (QED) is 0.360. The minimum Gasteiger partial charge on any atom is -0.463 e. The van der Waals surface area contributed by atoms with Gasteiger partial charge in [-0.2, -0.15) is 0 Å². The molecule has 1 aliphatic heterocycles. The van der Waals surface area contributed by atoms with Gasteiger partial charge in [0.25, 0.3) is 0 Å². The average Bonchev–Trinajstić information content (AvgIpc) is 2.92. The van der Waals surface area contributed by atoms with Gasteiger partial charge in [-0.15, -0.1) is 24.0 Å². The lowest BCUT2D eigenvalue weighted by Gasteiger charge is -2.31. The molecule has 2 rings (SSSR count). The number of rotatable bonds is 3. The van der Waals surface area contributed by atoms with Crippen LogP contribution in [0.5, 0.6) is 0 Å². The van der Waals surface area contributed by atoms with Crippen LogP contribution in [0.3, 0.4) is 0 Å². The second-order valence-electron chi connectivity index (χ2n) is 5.13. The summed E-state index contributed by atoms with van der Waals surface area (Å²) in [6, 6.07) is 3.29. The minimum absolute atomic E-state index is 0. The van der Waals surface area contributed by atoms with Gasteiger partial charge in [-0.1, -0.05) is 6.92 Å². The maximum absolute atomic E-state index is 11.3. The van der Waals surface area contributed by atoms with Crippen LogP contribution in [0.2, 0.25) is 0 Å². The van der Waals surface area contributed by atoms with Crippen molar-refractivity contribution in [2.24, 2.45) is 16.6 Å². The zero-order valence-electron chi connectivity index (χ0n) is 12.4. The van der Waals surface area contributed by atoms with Crippen LogP contribution in [0.25, 0.3) is 0 Å². The zero-order valence-corrected chi connectivity index (χ0v) is 14.7. The summed E-state index contributed by atoms with van der Waals surface area (Å²) >= 11 is 0. The first-order valence-corrected chi connectivity index (χ1v) is 6.82. The molecule has 0 spiro atoms. The van der Waals surface area contributed by atoms with Gasteiger partial charge in [0.05, 0.1) is 7.11 Å². The monoisotopic (exact) mass is 407 g/mol. The van der Waals surface area contributed by atoms with Crippen LogP contribution in [0.4, 0.5) is 0 Å². The number of esters is 1. The van der Waals surface area contributed by atoms with E-state index in [2.05, 4.69) is 21.6 Å². The van der Waals surface area contributed by atoms with Crippen molar-refractivity contribution in [2.45, 2.75) is 26.3 Å². The van der Waals surface area contributed by atoms with E-state index in [0.29, 0.717) is 24.2 Å². The first kappa shape index (κ1) is 17.8. The van der Waals surface area contributed by atoms with Crippen molar-refractivity contribution in [1.29, 1.82) is 0 Å². The topological polar surface area (TPSA) is 81.1 Å². The maximum atomic E-state index is 11.3. The van der Waals surface area contributed by atoms with Crippen LogP contribution in [-0.2, 0) is 11.3 Å². The SMILES string of the molecule is COC(=O)c1ccc(CN=C(N)N2CCCC(C)C2)o1.I. The molecule has 0 bridgehead atoms. The Hall–Kier alpha value is -1.25. The van der Waals surface area contributed by atoms with Crippen molar-refractivity contribution in [3.63, 3.8) is 0 Å². The molecule has 1 unspecified atom stereocenters. The zero-order chi connectivity index (χ0) is 14.5. The Morgan fingerprint density at radius 3 is 3.00 bits per heavy atom. The van der Waals surface area contributed by atoms with Crippen LogP contribution in [-0.4, -0.2) is 37.0 Å². The smallest absolute Gasteiger partial charge is 0.373 e. The molecule has 7 heteroatoms. The summed E-state index contributed by atoms with van der Waals surface area (Å²) < 4.78 is 9.92. The number of carbonyl (C=O) groups excluding carboxylic acids is 1. The number of furan rings is 1. The Kier molecular flexibility index (Phi) is 7.00. The van der Waals surface area contributed by atoms with E-state index >= 15 is 0 Å². The molecule has 118 valence electrons. The Labute approximate surface area is 141 Å². The lowest BCUT2D eigenvalue weighted by Crippen LogP contribution is -2.43. The van der Waals surface area contributed by atoms with E-state index in [1.807, 2.05) is 0 Å². The molecule has 2 heterocycles. The molecule has 0 aliphatic carbocycles. The average molecular weight is 407 g/mol. The highest BCUT2D eigenvalue weighted by molar-refractivity contribution is 14.0. The van der Waals surface area contributed by atoms with Gasteiger partial charge in [-0.25, -0.2) is 9.79 Å². The number of hydrogen-bond donors (Lipinski definition) is 1. The first-order valence-electron chi connectivity index (χ1n) is 6.82. The molecule has 1 aromatic rings. The van der Waals surface area contributed by atoms with Gasteiger partial charge in [0.2, 0.25) is 5.76 Å². The third kappa shape index (κ3) is 4.90. The fraction of sp³-hybridized carbons (Fsp3) is 0.571. The van der Waals surface area contributed by atoms with E-state index in [1.165, 1.54) is 13.5 Å². The highest BCUT2D eigenvalue weighted by Crippen LogP contribution is 2.15. The number of piperidine rings is 1. The molecule has 1 aliphatic rings. The van der Waals surface area contributed by atoms with E-state index in [9.17, 15) is 4.79 Å². The van der Waals surface area contributed by atoms with Crippen molar-refractivity contribution >= 4 is 35.9 Å². The van der Waals surface area contributed by atoms with Crippen LogP contribution in [0.15, 0.2) is 21.5 Å². The fourth-order valence-corrected chi connectivity index (χ4v) is 2.33. The van der Waals surface area contributed by atoms with Gasteiger partial charge in [-0.05, 0) is 30.9 Å². The molecular formula is C14H22IN3O3. The number of ether oxygens (including phenoxy) is 1. The molecule has 1 saturated heterocycles. The van der Waals surface area contributed by atoms with Crippen LogP contribution < -0.4 is 5.73 Å². The third-order valence-electron chi connectivity index (χ3n) is 3.43. The molecule has 0 amide bonds. The van der Waals surface area contributed by atoms with Gasteiger partial charge < -0.3 is 19.8 Å². The van der Waals surface area contributed by atoms with E-state index < -0.39 is 5.97 Å². The van der Waals surface area contributed by atoms with Crippen molar-refractivity contribution in [3.8, 4) is 0 Å². The molecule has 0 radical (unpaired) electrons. The summed E-state index contributed by atoms with van der Waals surface area (Å²) in [5.74, 6) is 1.47. The standard InChI is InChI=1S/C14H21N3O3.HI/c1-10-4-3-7-17(9-10)14(15)16-8-11-5-6-12(20-11)13(18)19-2;/h5-6,10H,3-4,7-9H2,1-2H3,(H2,15,16);1H. The number of likely N-dealkylation sites (tertiary alicyclic amines) is 1. The lowest BCUT2D eigenvalue weighted by molar-refractivity contribution is 0.0563. The van der Waals surface area contributed by atoms with E-state index in [1.54, 1.807) is 12.1 Å². The molecule has 0 aromatic carbocycles. The molecule has 0 saturated carbocycles. The predicted octanol–water partition coefficient (Wildman–Crippen LogP) is 2.23. The lowest BCUT2D eigenvalue weighted by atomic mass is 10.0. The fourth-order valence-electron chi connectivity index (χ4n) is 2.33. The van der Waals surface area contributed by atoms with Gasteiger partial charge in [0, 0.05) is 13.1 Å². The van der Waals surface area contributed by atoms with Crippen molar-refractivity contribution in [1.82, 2.24) is 4.90 Å². The number of methoxy groups -OCH3 is 1. The van der Waals surface area contributed by atoms with Crippen LogP contribution in [0, 0.1) is 5.92 Å². The van der Waals surface area contributed by atoms with Crippen LogP contribution in [0.1, 0.15) is 36.1 Å². The number of halogens is 1. The Morgan fingerprint density at radius 1 is 1.57 bits per heavy atom. The summed E-state index contributed by atoms with van der Waals surface area (Å²) in [6.07, 6.45) is 2.38. The molecule has 2 N–H and O–H groups in total. The second kappa shape index (κ2) is 8.26. The number of nitrogens with two attached hydrogens (primary N) is 1. The minimum atomic E-state index is -0.488. The molecule has 1 atom stereocenters. The third-order valence-corrected chi connectivity index (χ3v) is 3.43. The molecule has 1 aromatic heterocycles. The summed E-state index contributed by atoms with van der Waals surface area (Å²) in [5, 5.41) is 0. The Morgan fingerprint density at radius 2 is 2.33 bits per heavy atom. The van der Waals surface area contributed by atoms with E-state index in [4.69, 9.17) is 10.2 Å². The van der Waals surface area contributed by atoms with Gasteiger partial charge in [0.15, 0.2) is 5.96 Å². The summed E-state index contributed by atoms with van der Waals surface area (Å²) in [6.45, 7) is 4.44. The van der Waals surface area contributed by atoms with Crippen molar-refractivity contribution < 1.29 is 13.9 Å². The molecule has 21 heavy (non-hydrogen) atoms. The molecule has 1 fully saturated rings. The number of aliphatic imine (C=N–C) groups is 1. The highest BCUT2D eigenvalue weighted by atomic mass is 127. The maximum Gasteiger partial charge on any atom is 0.373 e. The normalized spacial score (nSPS) is 19.0. The molecule has 6 nitrogen and oxygen atoms in total. The Balaban J connectivity index is 0.00000220. The predicted molar refractivity (Wildman–Crippen MR) is 90.8 cm³/mol. The second-order valence-corrected chi connectivity index (χ2v) is 5.13. The summed E-state index contributed by atoms with van der Waals surface area (Å²) in [7, 11) is 1.32. The van der Waals surface area contributed by atoms with Gasteiger partial charge in [-0.3, -0.25) is 0 Å². The number of guanidine groups is 1. The number of carbonyl (C=O) groups is 1. The number of nitrogens with zero attached hydrogens (tertiary/aromatic N) is 2. The highest BCUT2D eigenvalue weighted by Gasteiger charge is 2.17. The van der Waals surface area contributed by atoms with E-state index in [-0.39, 0.29) is 29.7 Å².